The lowest BCUT2D eigenvalue weighted by atomic mass is 10.3. The molecule has 0 spiro atoms. The lowest BCUT2D eigenvalue weighted by Crippen LogP contribution is -2.30. The van der Waals surface area contributed by atoms with Crippen LogP contribution in [0.5, 0.6) is 0 Å². The smallest absolute Gasteiger partial charge is 0.252 e. The Morgan fingerprint density at radius 3 is 2.68 bits per heavy atom. The second kappa shape index (κ2) is 8.55. The summed E-state index contributed by atoms with van der Waals surface area (Å²) in [4.78, 5) is 16.9. The molecule has 0 radical (unpaired) electrons. The summed E-state index contributed by atoms with van der Waals surface area (Å²) in [7, 11) is -1.93. The van der Waals surface area contributed by atoms with Crippen LogP contribution in [0.2, 0.25) is 0 Å². The van der Waals surface area contributed by atoms with Crippen LogP contribution in [-0.4, -0.2) is 42.8 Å². The zero-order valence-corrected chi connectivity index (χ0v) is 16.3. The van der Waals surface area contributed by atoms with Gasteiger partial charge in [-0.25, -0.2) is 12.7 Å². The maximum Gasteiger partial charge on any atom is 0.252 e. The van der Waals surface area contributed by atoms with Crippen molar-refractivity contribution in [2.24, 2.45) is 4.99 Å². The highest BCUT2D eigenvalue weighted by atomic mass is 32.2. The van der Waals surface area contributed by atoms with E-state index >= 15 is 0 Å². The summed E-state index contributed by atoms with van der Waals surface area (Å²) in [6.45, 7) is 4.19. The van der Waals surface area contributed by atoms with Gasteiger partial charge in [0.05, 0.1) is 0 Å². The zero-order valence-electron chi connectivity index (χ0n) is 14.6. The molecule has 0 aliphatic rings. The van der Waals surface area contributed by atoms with Crippen molar-refractivity contribution in [3.05, 3.63) is 47.4 Å². The highest BCUT2D eigenvalue weighted by molar-refractivity contribution is 7.91. The van der Waals surface area contributed by atoms with E-state index in [0.717, 1.165) is 0 Å². The monoisotopic (exact) mass is 381 g/mol. The Morgan fingerprint density at radius 2 is 2.04 bits per heavy atom. The minimum absolute atomic E-state index is 0.0866. The summed E-state index contributed by atoms with van der Waals surface area (Å²) in [6, 6.07) is 8.80. The van der Waals surface area contributed by atoms with Crippen molar-refractivity contribution in [1.29, 1.82) is 0 Å². The van der Waals surface area contributed by atoms with E-state index in [0.29, 0.717) is 16.1 Å². The molecule has 0 saturated carbocycles. The predicted molar refractivity (Wildman–Crippen MR) is 99.1 cm³/mol. The largest absolute Gasteiger partial charge is 0.274 e. The van der Waals surface area contributed by atoms with E-state index in [-0.39, 0.29) is 24.9 Å². The number of carbonyl (C=O) groups excluding carboxylic acids is 1. The molecule has 0 amide bonds. The number of rotatable bonds is 7. The summed E-state index contributed by atoms with van der Waals surface area (Å²) in [5.41, 5.74) is 0.613. The first-order valence-corrected chi connectivity index (χ1v) is 10.4. The van der Waals surface area contributed by atoms with Gasteiger partial charge >= 0.3 is 0 Å². The third-order valence-electron chi connectivity index (χ3n) is 3.52. The van der Waals surface area contributed by atoms with E-state index in [1.165, 1.54) is 27.3 Å². The van der Waals surface area contributed by atoms with Crippen LogP contribution >= 0.6 is 11.3 Å². The molecule has 0 bridgehead atoms. The summed E-state index contributed by atoms with van der Waals surface area (Å²) < 4.78 is 27.8. The maximum absolute atomic E-state index is 12.4. The highest BCUT2D eigenvalue weighted by Gasteiger charge is 2.21. The lowest BCUT2D eigenvalue weighted by Gasteiger charge is -2.15. The van der Waals surface area contributed by atoms with E-state index < -0.39 is 10.0 Å². The fraction of sp³-hybridized carbons (Fsp3) is 0.412. The van der Waals surface area contributed by atoms with Gasteiger partial charge in [0, 0.05) is 32.3 Å². The average Bonchev–Trinajstić information content (AvgIpc) is 3.09. The van der Waals surface area contributed by atoms with Crippen molar-refractivity contribution < 1.29 is 13.2 Å². The van der Waals surface area contributed by atoms with Crippen LogP contribution in [0.25, 0.3) is 0 Å². The molecule has 0 unspecified atom stereocenters. The number of hydrogen-bond donors (Lipinski definition) is 0. The van der Waals surface area contributed by atoms with E-state index in [4.69, 9.17) is 0 Å². The number of hydrogen-bond acceptors (Lipinski definition) is 5. The molecule has 0 aliphatic heterocycles. The van der Waals surface area contributed by atoms with Gasteiger partial charge in [-0.15, -0.1) is 11.3 Å². The van der Waals surface area contributed by atoms with Gasteiger partial charge in [0.1, 0.15) is 9.70 Å². The molecular weight excluding hydrogens is 358 g/mol. The van der Waals surface area contributed by atoms with E-state index in [9.17, 15) is 13.2 Å². The van der Waals surface area contributed by atoms with Crippen LogP contribution in [0.1, 0.15) is 31.5 Å². The second-order valence-corrected chi connectivity index (χ2v) is 9.13. The summed E-state index contributed by atoms with van der Waals surface area (Å²) in [5.74, 6) is -0.0954. The number of aromatic nitrogens is 1. The molecule has 0 saturated heterocycles. The van der Waals surface area contributed by atoms with E-state index in [2.05, 4.69) is 4.99 Å². The summed E-state index contributed by atoms with van der Waals surface area (Å²) in [6.07, 6.45) is 2.39. The molecule has 2 rings (SSSR count). The normalized spacial score (nSPS) is 12.9. The van der Waals surface area contributed by atoms with Crippen molar-refractivity contribution in [3.63, 3.8) is 0 Å². The van der Waals surface area contributed by atoms with Crippen LogP contribution in [-0.2, 0) is 10.0 Å². The van der Waals surface area contributed by atoms with Crippen LogP contribution in [0.4, 0.5) is 0 Å². The molecule has 0 atom stereocenters. The first-order valence-electron chi connectivity index (χ1n) is 8.07. The van der Waals surface area contributed by atoms with E-state index in [1.807, 2.05) is 19.9 Å². The third-order valence-corrected chi connectivity index (χ3v) is 6.75. The second-order valence-electron chi connectivity index (χ2n) is 5.91. The molecule has 25 heavy (non-hydrogen) atoms. The molecule has 136 valence electrons. The molecule has 0 aromatic carbocycles. The molecule has 0 N–H and O–H groups in total. The Labute approximate surface area is 152 Å². The van der Waals surface area contributed by atoms with Crippen molar-refractivity contribution in [2.75, 3.05) is 13.6 Å². The van der Waals surface area contributed by atoms with Crippen molar-refractivity contribution in [2.45, 2.75) is 36.9 Å². The Kier molecular flexibility index (Phi) is 6.69. The predicted octanol–water partition coefficient (Wildman–Crippen LogP) is 2.60. The van der Waals surface area contributed by atoms with Gasteiger partial charge in [0.15, 0.2) is 0 Å². The van der Waals surface area contributed by atoms with Gasteiger partial charge < -0.3 is 0 Å². The van der Waals surface area contributed by atoms with Gasteiger partial charge in [-0.1, -0.05) is 12.1 Å². The van der Waals surface area contributed by atoms with Gasteiger partial charge in [-0.05, 0) is 43.8 Å². The standard InChI is InChI=1S/C17H23N3O3S2/c1-14(2)18-15-8-4-5-12-20(15)16(21)9-6-11-19(3)25(22,23)17-10-7-13-24-17/h4-5,7-8,10,12-14H,6,9,11H2,1-3H3. The van der Waals surface area contributed by atoms with Gasteiger partial charge in [0.2, 0.25) is 5.91 Å². The highest BCUT2D eigenvalue weighted by Crippen LogP contribution is 2.19. The van der Waals surface area contributed by atoms with Crippen molar-refractivity contribution >= 4 is 27.3 Å². The molecule has 2 heterocycles. The van der Waals surface area contributed by atoms with Crippen LogP contribution in [0, 0.1) is 0 Å². The molecule has 2 aromatic rings. The number of pyridine rings is 1. The van der Waals surface area contributed by atoms with Crippen molar-refractivity contribution in [3.8, 4) is 0 Å². The SMILES string of the molecule is CC(C)N=c1ccccn1C(=O)CCCN(C)S(=O)(=O)c1cccs1. The zero-order chi connectivity index (χ0) is 18.4. The molecule has 2 aromatic heterocycles. The molecule has 8 heteroatoms. The Bertz CT molecular complexity index is 869. The number of thiophene rings is 1. The summed E-state index contributed by atoms with van der Waals surface area (Å²) in [5, 5.41) is 1.73. The van der Waals surface area contributed by atoms with Gasteiger partial charge in [0.25, 0.3) is 10.0 Å². The first kappa shape index (κ1) is 19.6. The first-order chi connectivity index (χ1) is 11.8. The quantitative estimate of drug-likeness (QED) is 0.740. The Morgan fingerprint density at radius 1 is 1.28 bits per heavy atom. The van der Waals surface area contributed by atoms with Crippen LogP contribution in [0.3, 0.4) is 0 Å². The average molecular weight is 382 g/mol. The van der Waals surface area contributed by atoms with Gasteiger partial charge in [-0.2, -0.15) is 0 Å². The lowest BCUT2D eigenvalue weighted by molar-refractivity contribution is 0.0892. The number of sulfonamides is 1. The fourth-order valence-electron chi connectivity index (χ4n) is 2.27. The molecular formula is C17H23N3O3S2. The number of carbonyl (C=O) groups is 1. The van der Waals surface area contributed by atoms with Gasteiger partial charge in [-0.3, -0.25) is 14.4 Å². The van der Waals surface area contributed by atoms with Crippen molar-refractivity contribution in [1.82, 2.24) is 8.87 Å². The topological polar surface area (TPSA) is 71.7 Å². The van der Waals surface area contributed by atoms with Crippen LogP contribution < -0.4 is 5.49 Å². The number of nitrogens with zero attached hydrogens (tertiary/aromatic N) is 3. The Balaban J connectivity index is 2.00. The van der Waals surface area contributed by atoms with Crippen LogP contribution in [0.15, 0.2) is 51.1 Å². The third kappa shape index (κ3) is 5.10. The van der Waals surface area contributed by atoms with E-state index in [1.54, 1.807) is 35.8 Å². The summed E-state index contributed by atoms with van der Waals surface area (Å²) >= 11 is 1.19. The minimum atomic E-state index is -3.47. The fourth-order valence-corrected chi connectivity index (χ4v) is 4.68. The molecule has 0 aliphatic carbocycles. The molecule has 0 fully saturated rings. The maximum atomic E-state index is 12.4. The Hall–Kier alpha value is -1.77. The molecule has 6 nitrogen and oxygen atoms in total. The minimum Gasteiger partial charge on any atom is -0.274 e.